The zero-order chi connectivity index (χ0) is 18.6. The predicted octanol–water partition coefficient (Wildman–Crippen LogP) is 2.75. The minimum Gasteiger partial charge on any atom is -0.312 e. The predicted molar refractivity (Wildman–Crippen MR) is 106 cm³/mol. The number of para-hydroxylation sites is 1. The van der Waals surface area contributed by atoms with Crippen LogP contribution in [0.4, 0.5) is 0 Å². The molecule has 0 saturated carbocycles. The molecule has 4 aromatic rings. The molecular formula is C21H21N5O. The maximum atomic E-state index is 12.5. The minimum atomic E-state index is -0.0927. The number of aromatic amines is 1. The second kappa shape index (κ2) is 7.55. The van der Waals surface area contributed by atoms with Crippen molar-refractivity contribution in [1.29, 1.82) is 0 Å². The third kappa shape index (κ3) is 3.66. The minimum absolute atomic E-state index is 0.0927. The van der Waals surface area contributed by atoms with Crippen LogP contribution in [0.5, 0.6) is 0 Å². The lowest BCUT2D eigenvalue weighted by molar-refractivity contribution is 0.676. The van der Waals surface area contributed by atoms with E-state index in [1.165, 1.54) is 0 Å². The molecule has 0 amide bonds. The zero-order valence-electron chi connectivity index (χ0n) is 15.1. The van der Waals surface area contributed by atoms with Gasteiger partial charge in [-0.15, -0.1) is 0 Å². The highest BCUT2D eigenvalue weighted by Crippen LogP contribution is 2.19. The summed E-state index contributed by atoms with van der Waals surface area (Å²) in [5.41, 5.74) is 4.19. The fourth-order valence-electron chi connectivity index (χ4n) is 3.13. The van der Waals surface area contributed by atoms with Gasteiger partial charge in [0.05, 0.1) is 11.4 Å². The van der Waals surface area contributed by atoms with Crippen LogP contribution in [-0.4, -0.2) is 26.3 Å². The van der Waals surface area contributed by atoms with Gasteiger partial charge in [0, 0.05) is 42.4 Å². The second-order valence-corrected chi connectivity index (χ2v) is 6.47. The van der Waals surface area contributed by atoms with Crippen molar-refractivity contribution in [1.82, 2.24) is 25.1 Å². The Balaban J connectivity index is 1.54. The van der Waals surface area contributed by atoms with Gasteiger partial charge in [-0.2, -0.15) is 5.10 Å². The standard InChI is InChI=1S/C21H21N5O/c1-15-19-13-16(14-22-12-10-17-7-5-6-11-23-17)21(27)24-20(19)26(25-15)18-8-3-2-4-9-18/h2-9,11,13,22H,10,12,14H2,1H3,(H,24,27). The molecule has 4 rings (SSSR count). The van der Waals surface area contributed by atoms with Crippen LogP contribution >= 0.6 is 0 Å². The van der Waals surface area contributed by atoms with Crippen molar-refractivity contribution in [2.75, 3.05) is 6.54 Å². The number of nitrogens with zero attached hydrogens (tertiary/aromatic N) is 3. The number of benzene rings is 1. The van der Waals surface area contributed by atoms with Crippen LogP contribution in [0, 0.1) is 6.92 Å². The Bertz CT molecular complexity index is 1100. The third-order valence-corrected chi connectivity index (χ3v) is 4.55. The molecule has 0 saturated heterocycles. The van der Waals surface area contributed by atoms with Crippen molar-refractivity contribution in [3.63, 3.8) is 0 Å². The number of hydrogen-bond donors (Lipinski definition) is 2. The molecule has 6 heteroatoms. The van der Waals surface area contributed by atoms with E-state index < -0.39 is 0 Å². The molecule has 2 N–H and O–H groups in total. The molecule has 0 bridgehead atoms. The lowest BCUT2D eigenvalue weighted by Crippen LogP contribution is -2.23. The van der Waals surface area contributed by atoms with Crippen LogP contribution in [0.3, 0.4) is 0 Å². The van der Waals surface area contributed by atoms with Gasteiger partial charge in [-0.1, -0.05) is 24.3 Å². The van der Waals surface area contributed by atoms with E-state index in [0.717, 1.165) is 41.1 Å². The van der Waals surface area contributed by atoms with Gasteiger partial charge in [-0.3, -0.25) is 9.78 Å². The fourth-order valence-corrected chi connectivity index (χ4v) is 3.13. The summed E-state index contributed by atoms with van der Waals surface area (Å²) >= 11 is 0. The summed E-state index contributed by atoms with van der Waals surface area (Å²) in [6.45, 7) is 3.23. The highest BCUT2D eigenvalue weighted by molar-refractivity contribution is 5.80. The topological polar surface area (TPSA) is 75.6 Å². The highest BCUT2D eigenvalue weighted by atomic mass is 16.1. The Labute approximate surface area is 156 Å². The van der Waals surface area contributed by atoms with E-state index in [1.54, 1.807) is 10.9 Å². The molecule has 136 valence electrons. The largest absolute Gasteiger partial charge is 0.312 e. The van der Waals surface area contributed by atoms with E-state index >= 15 is 0 Å². The number of nitrogens with one attached hydrogen (secondary N) is 2. The van der Waals surface area contributed by atoms with Gasteiger partial charge in [0.1, 0.15) is 5.65 Å². The number of rotatable bonds is 6. The van der Waals surface area contributed by atoms with Crippen LogP contribution in [0.15, 0.2) is 65.6 Å². The third-order valence-electron chi connectivity index (χ3n) is 4.55. The second-order valence-electron chi connectivity index (χ2n) is 6.47. The van der Waals surface area contributed by atoms with Crippen LogP contribution in [0.1, 0.15) is 17.0 Å². The number of H-pyrrole nitrogens is 1. The van der Waals surface area contributed by atoms with Crippen molar-refractivity contribution in [3.05, 3.63) is 88.1 Å². The lowest BCUT2D eigenvalue weighted by Gasteiger charge is -2.06. The van der Waals surface area contributed by atoms with Crippen LogP contribution in [-0.2, 0) is 13.0 Å². The van der Waals surface area contributed by atoms with E-state index in [0.29, 0.717) is 12.1 Å². The Morgan fingerprint density at radius 2 is 1.93 bits per heavy atom. The van der Waals surface area contributed by atoms with Crippen LogP contribution in [0.25, 0.3) is 16.7 Å². The van der Waals surface area contributed by atoms with E-state index in [9.17, 15) is 4.79 Å². The molecular weight excluding hydrogens is 338 g/mol. The number of aromatic nitrogens is 4. The number of aryl methyl sites for hydroxylation is 1. The van der Waals surface area contributed by atoms with Gasteiger partial charge in [0.15, 0.2) is 0 Å². The lowest BCUT2D eigenvalue weighted by atomic mass is 10.2. The first-order chi connectivity index (χ1) is 13.2. The molecule has 1 aromatic carbocycles. The summed E-state index contributed by atoms with van der Waals surface area (Å²) in [7, 11) is 0. The Hall–Kier alpha value is -3.25. The number of fused-ring (bicyclic) bond motifs is 1. The van der Waals surface area contributed by atoms with Crippen molar-refractivity contribution >= 4 is 11.0 Å². The van der Waals surface area contributed by atoms with E-state index in [2.05, 4.69) is 20.4 Å². The number of hydrogen-bond acceptors (Lipinski definition) is 4. The van der Waals surface area contributed by atoms with Crippen molar-refractivity contribution in [2.45, 2.75) is 19.9 Å². The van der Waals surface area contributed by atoms with Crippen LogP contribution in [0.2, 0.25) is 0 Å². The summed E-state index contributed by atoms with van der Waals surface area (Å²) in [5, 5.41) is 8.88. The zero-order valence-corrected chi connectivity index (χ0v) is 15.1. The average molecular weight is 359 g/mol. The molecule has 6 nitrogen and oxygen atoms in total. The summed E-state index contributed by atoms with van der Waals surface area (Å²) in [6, 6.07) is 17.6. The van der Waals surface area contributed by atoms with Crippen LogP contribution < -0.4 is 10.9 Å². The summed E-state index contributed by atoms with van der Waals surface area (Å²) in [4.78, 5) is 19.8. The molecule has 0 fully saturated rings. The molecule has 3 heterocycles. The Morgan fingerprint density at radius 3 is 2.70 bits per heavy atom. The molecule has 0 aliphatic carbocycles. The maximum Gasteiger partial charge on any atom is 0.254 e. The molecule has 3 aromatic heterocycles. The molecule has 0 unspecified atom stereocenters. The molecule has 0 aliphatic heterocycles. The van der Waals surface area contributed by atoms with E-state index in [-0.39, 0.29) is 5.56 Å². The van der Waals surface area contributed by atoms with Crippen molar-refractivity contribution in [3.8, 4) is 5.69 Å². The normalized spacial score (nSPS) is 11.1. The Kier molecular flexibility index (Phi) is 4.80. The quantitative estimate of drug-likeness (QED) is 0.519. The van der Waals surface area contributed by atoms with Gasteiger partial charge in [-0.05, 0) is 37.3 Å². The smallest absolute Gasteiger partial charge is 0.254 e. The average Bonchev–Trinajstić information content (AvgIpc) is 3.02. The fraction of sp³-hybridized carbons (Fsp3) is 0.190. The van der Waals surface area contributed by atoms with Gasteiger partial charge < -0.3 is 10.3 Å². The first kappa shape index (κ1) is 17.2. The first-order valence-corrected chi connectivity index (χ1v) is 9.00. The number of pyridine rings is 2. The monoisotopic (exact) mass is 359 g/mol. The van der Waals surface area contributed by atoms with Gasteiger partial charge >= 0.3 is 0 Å². The van der Waals surface area contributed by atoms with Crippen molar-refractivity contribution in [2.24, 2.45) is 0 Å². The van der Waals surface area contributed by atoms with Gasteiger partial charge in [-0.25, -0.2) is 4.68 Å². The molecule has 0 spiro atoms. The highest BCUT2D eigenvalue weighted by Gasteiger charge is 2.12. The Morgan fingerprint density at radius 1 is 1.11 bits per heavy atom. The summed E-state index contributed by atoms with van der Waals surface area (Å²) < 4.78 is 1.78. The summed E-state index contributed by atoms with van der Waals surface area (Å²) in [5.74, 6) is 0. The van der Waals surface area contributed by atoms with E-state index in [4.69, 9.17) is 0 Å². The molecule has 0 radical (unpaired) electrons. The molecule has 0 atom stereocenters. The van der Waals surface area contributed by atoms with E-state index in [1.807, 2.05) is 61.5 Å². The SMILES string of the molecule is Cc1nn(-c2ccccc2)c2[nH]c(=O)c(CNCCc3ccccn3)cc12. The van der Waals surface area contributed by atoms with Gasteiger partial charge in [0.2, 0.25) is 0 Å². The first-order valence-electron chi connectivity index (χ1n) is 9.00. The molecule has 0 aliphatic rings. The maximum absolute atomic E-state index is 12.5. The summed E-state index contributed by atoms with van der Waals surface area (Å²) in [6.07, 6.45) is 2.62. The van der Waals surface area contributed by atoms with Gasteiger partial charge in [0.25, 0.3) is 5.56 Å². The molecule has 27 heavy (non-hydrogen) atoms. The van der Waals surface area contributed by atoms with Crippen molar-refractivity contribution < 1.29 is 0 Å².